The number of hydrogen-bond donors (Lipinski definition) is 1. The lowest BCUT2D eigenvalue weighted by molar-refractivity contribution is -0.126. The largest absolute Gasteiger partial charge is 0.347 e. The molecule has 1 aliphatic rings. The molecule has 0 radical (unpaired) electrons. The average Bonchev–Trinajstić information content (AvgIpc) is 2.58. The van der Waals surface area contributed by atoms with Gasteiger partial charge in [0, 0.05) is 20.0 Å². The van der Waals surface area contributed by atoms with Crippen LogP contribution in [0.1, 0.15) is 16.8 Å². The summed E-state index contributed by atoms with van der Waals surface area (Å²) < 4.78 is 0. The van der Waals surface area contributed by atoms with Gasteiger partial charge in [0.25, 0.3) is 5.91 Å². The Morgan fingerprint density at radius 1 is 1.47 bits per heavy atom. The molecule has 1 aromatic carbocycles. The monoisotopic (exact) mass is 252 g/mol. The Hall–Kier alpha value is -1.55. The summed E-state index contributed by atoms with van der Waals surface area (Å²) in [7, 11) is 1.73. The molecule has 0 aliphatic carbocycles. The molecule has 17 heavy (non-hydrogen) atoms. The molecule has 1 fully saturated rings. The predicted molar refractivity (Wildman–Crippen MR) is 65.0 cm³/mol. The molecular formula is C12H13ClN2O2. The quantitative estimate of drug-likeness (QED) is 0.863. The molecule has 0 spiro atoms. The highest BCUT2D eigenvalue weighted by atomic mass is 35.5. The highest BCUT2D eigenvalue weighted by Crippen LogP contribution is 2.16. The molecule has 0 aromatic heterocycles. The van der Waals surface area contributed by atoms with Gasteiger partial charge in [-0.15, -0.1) is 0 Å². The van der Waals surface area contributed by atoms with Gasteiger partial charge in [-0.05, 0) is 12.1 Å². The van der Waals surface area contributed by atoms with Crippen LogP contribution in [0.3, 0.4) is 0 Å². The first-order valence-corrected chi connectivity index (χ1v) is 5.75. The van der Waals surface area contributed by atoms with E-state index in [9.17, 15) is 9.59 Å². The second-order valence-corrected chi connectivity index (χ2v) is 4.54. The Labute approximate surface area is 105 Å². The topological polar surface area (TPSA) is 49.4 Å². The third-order valence-corrected chi connectivity index (χ3v) is 3.12. The van der Waals surface area contributed by atoms with Gasteiger partial charge in [0.2, 0.25) is 5.91 Å². The van der Waals surface area contributed by atoms with E-state index >= 15 is 0 Å². The van der Waals surface area contributed by atoms with E-state index in [1.165, 1.54) is 0 Å². The van der Waals surface area contributed by atoms with Crippen molar-refractivity contribution in [2.24, 2.45) is 0 Å². The molecule has 2 amide bonds. The van der Waals surface area contributed by atoms with Crippen molar-refractivity contribution in [3.05, 3.63) is 34.9 Å². The molecule has 0 bridgehead atoms. The Morgan fingerprint density at radius 3 is 2.76 bits per heavy atom. The molecule has 0 unspecified atom stereocenters. The van der Waals surface area contributed by atoms with Crippen LogP contribution < -0.4 is 5.32 Å². The summed E-state index contributed by atoms with van der Waals surface area (Å²) in [6.07, 6.45) is 0.354. The summed E-state index contributed by atoms with van der Waals surface area (Å²) in [5.74, 6) is -0.182. The van der Waals surface area contributed by atoms with Gasteiger partial charge in [-0.2, -0.15) is 0 Å². The zero-order chi connectivity index (χ0) is 12.4. The number of nitrogens with one attached hydrogen (secondary N) is 1. The maximum atomic E-state index is 11.9. The van der Waals surface area contributed by atoms with E-state index in [2.05, 4.69) is 5.32 Å². The molecule has 2 rings (SSSR count). The third-order valence-electron chi connectivity index (χ3n) is 2.79. The molecule has 1 aromatic rings. The lowest BCUT2D eigenvalue weighted by Gasteiger charge is -2.12. The smallest absolute Gasteiger partial charge is 0.253 e. The summed E-state index contributed by atoms with van der Waals surface area (Å²) in [5.41, 5.74) is 0.441. The minimum atomic E-state index is -0.233. The summed E-state index contributed by atoms with van der Waals surface area (Å²) >= 11 is 5.92. The number of nitrogens with zero attached hydrogens (tertiary/aromatic N) is 1. The van der Waals surface area contributed by atoms with Crippen LogP contribution in [0.4, 0.5) is 0 Å². The maximum Gasteiger partial charge on any atom is 0.253 e. The summed E-state index contributed by atoms with van der Waals surface area (Å²) in [6, 6.07) is 6.73. The summed E-state index contributed by atoms with van der Waals surface area (Å²) in [6.45, 7) is 0.551. The van der Waals surface area contributed by atoms with E-state index < -0.39 is 0 Å². The van der Waals surface area contributed by atoms with Gasteiger partial charge in [-0.3, -0.25) is 9.59 Å². The molecule has 1 atom stereocenters. The van der Waals surface area contributed by atoms with Gasteiger partial charge in [-0.1, -0.05) is 23.7 Å². The van der Waals surface area contributed by atoms with Crippen LogP contribution in [0, 0.1) is 0 Å². The standard InChI is InChI=1S/C12H13ClN2O2/c1-15-7-8(6-11(15)16)14-12(17)9-4-2-3-5-10(9)13/h2-5,8H,6-7H2,1H3,(H,14,17)/t8-/m0/s1. The fraction of sp³-hybridized carbons (Fsp3) is 0.333. The average molecular weight is 253 g/mol. The first kappa shape index (κ1) is 11.9. The third kappa shape index (κ3) is 2.58. The summed E-state index contributed by atoms with van der Waals surface area (Å²) in [4.78, 5) is 24.8. The first-order chi connectivity index (χ1) is 8.08. The zero-order valence-electron chi connectivity index (χ0n) is 9.44. The van der Waals surface area contributed by atoms with E-state index in [1.54, 1.807) is 36.2 Å². The zero-order valence-corrected chi connectivity index (χ0v) is 10.2. The highest BCUT2D eigenvalue weighted by Gasteiger charge is 2.28. The van der Waals surface area contributed by atoms with Crippen LogP contribution in [0.2, 0.25) is 5.02 Å². The molecule has 4 nitrogen and oxygen atoms in total. The Bertz CT molecular complexity index is 462. The van der Waals surface area contributed by atoms with Crippen molar-refractivity contribution < 1.29 is 9.59 Å². The number of carbonyl (C=O) groups excluding carboxylic acids is 2. The van der Waals surface area contributed by atoms with Crippen LogP contribution in [0.5, 0.6) is 0 Å². The van der Waals surface area contributed by atoms with Crippen molar-refractivity contribution in [1.29, 1.82) is 0 Å². The number of carbonyl (C=O) groups is 2. The molecule has 0 saturated carbocycles. The number of halogens is 1. The van der Waals surface area contributed by atoms with Gasteiger partial charge < -0.3 is 10.2 Å². The molecule has 5 heteroatoms. The Balaban J connectivity index is 2.03. The minimum Gasteiger partial charge on any atom is -0.347 e. The molecule has 1 saturated heterocycles. The maximum absolute atomic E-state index is 11.9. The second-order valence-electron chi connectivity index (χ2n) is 4.13. The number of likely N-dealkylation sites (N-methyl/N-ethyl adjacent to an activating group) is 1. The van der Waals surface area contributed by atoms with E-state index in [-0.39, 0.29) is 17.9 Å². The van der Waals surface area contributed by atoms with Crippen LogP contribution in [0.25, 0.3) is 0 Å². The van der Waals surface area contributed by atoms with Crippen molar-refractivity contribution in [2.45, 2.75) is 12.5 Å². The van der Waals surface area contributed by atoms with Crippen LogP contribution >= 0.6 is 11.6 Å². The number of hydrogen-bond acceptors (Lipinski definition) is 2. The predicted octanol–water partition coefficient (Wildman–Crippen LogP) is 1.30. The van der Waals surface area contributed by atoms with Crippen LogP contribution in [-0.4, -0.2) is 36.3 Å². The number of likely N-dealkylation sites (tertiary alicyclic amines) is 1. The second kappa shape index (κ2) is 4.75. The van der Waals surface area contributed by atoms with Crippen molar-refractivity contribution in [3.8, 4) is 0 Å². The SMILES string of the molecule is CN1C[C@@H](NC(=O)c2ccccc2Cl)CC1=O. The normalized spacial score (nSPS) is 19.5. The molecule has 1 heterocycles. The van der Waals surface area contributed by atoms with E-state index in [0.717, 1.165) is 0 Å². The molecule has 90 valence electrons. The van der Waals surface area contributed by atoms with Crippen LogP contribution in [-0.2, 0) is 4.79 Å². The van der Waals surface area contributed by atoms with Crippen molar-refractivity contribution in [3.63, 3.8) is 0 Å². The molecular weight excluding hydrogens is 240 g/mol. The fourth-order valence-corrected chi connectivity index (χ4v) is 2.09. The number of amides is 2. The fourth-order valence-electron chi connectivity index (χ4n) is 1.87. The van der Waals surface area contributed by atoms with Gasteiger partial charge in [0.1, 0.15) is 0 Å². The number of benzene rings is 1. The summed E-state index contributed by atoms with van der Waals surface area (Å²) in [5, 5.41) is 3.23. The van der Waals surface area contributed by atoms with Crippen molar-refractivity contribution in [1.82, 2.24) is 10.2 Å². The van der Waals surface area contributed by atoms with Gasteiger partial charge in [0.05, 0.1) is 16.6 Å². The van der Waals surface area contributed by atoms with Crippen LogP contribution in [0.15, 0.2) is 24.3 Å². The lowest BCUT2D eigenvalue weighted by Crippen LogP contribution is -2.36. The first-order valence-electron chi connectivity index (χ1n) is 5.37. The molecule has 1 N–H and O–H groups in total. The minimum absolute atomic E-state index is 0.0504. The lowest BCUT2D eigenvalue weighted by atomic mass is 10.2. The van der Waals surface area contributed by atoms with Gasteiger partial charge in [-0.25, -0.2) is 0 Å². The van der Waals surface area contributed by atoms with E-state index in [4.69, 9.17) is 11.6 Å². The van der Waals surface area contributed by atoms with Crippen molar-refractivity contribution >= 4 is 23.4 Å². The number of rotatable bonds is 2. The van der Waals surface area contributed by atoms with Gasteiger partial charge in [0.15, 0.2) is 0 Å². The van der Waals surface area contributed by atoms with E-state index in [1.807, 2.05) is 0 Å². The highest BCUT2D eigenvalue weighted by molar-refractivity contribution is 6.33. The Morgan fingerprint density at radius 2 is 2.18 bits per heavy atom. The van der Waals surface area contributed by atoms with E-state index in [0.29, 0.717) is 23.6 Å². The molecule has 1 aliphatic heterocycles. The Kier molecular flexibility index (Phi) is 3.33. The van der Waals surface area contributed by atoms with Gasteiger partial charge >= 0.3 is 0 Å². The van der Waals surface area contributed by atoms with Crippen molar-refractivity contribution in [2.75, 3.05) is 13.6 Å².